The van der Waals surface area contributed by atoms with Crippen molar-refractivity contribution in [2.75, 3.05) is 34.4 Å². The molecule has 0 aliphatic carbocycles. The van der Waals surface area contributed by atoms with E-state index in [1.807, 2.05) is 6.07 Å². The molecule has 2 aliphatic heterocycles. The Kier molecular flexibility index (Phi) is 6.48. The Balaban J connectivity index is 1.36. The summed E-state index contributed by atoms with van der Waals surface area (Å²) in [5.74, 6) is 1.27. The molecule has 2 aliphatic rings. The highest BCUT2D eigenvalue weighted by Gasteiger charge is 2.28. The Morgan fingerprint density at radius 1 is 1.03 bits per heavy atom. The van der Waals surface area contributed by atoms with Crippen LogP contribution in [0.5, 0.6) is 11.5 Å². The van der Waals surface area contributed by atoms with Crippen molar-refractivity contribution in [3.05, 3.63) is 94.0 Å². The maximum atomic E-state index is 12.5. The Bertz CT molecular complexity index is 1360. The van der Waals surface area contributed by atoms with Crippen LogP contribution in [-0.4, -0.2) is 61.3 Å². The third-order valence-corrected chi connectivity index (χ3v) is 6.64. The largest absolute Gasteiger partial charge is 0.493 e. The van der Waals surface area contributed by atoms with Crippen LogP contribution in [0, 0.1) is 0 Å². The minimum Gasteiger partial charge on any atom is -0.493 e. The zero-order valence-electron chi connectivity index (χ0n) is 20.7. The molecule has 0 fully saturated rings. The number of methoxy groups -OCH3 is 2. The molecular weight excluding hydrogens is 454 g/mol. The van der Waals surface area contributed by atoms with Crippen LogP contribution in [0.3, 0.4) is 0 Å². The maximum Gasteiger partial charge on any atom is 0.280 e. The summed E-state index contributed by atoms with van der Waals surface area (Å²) in [5, 5.41) is 10.2. The average Bonchev–Trinajstić information content (AvgIpc) is 3.41. The molecule has 0 aromatic heterocycles. The van der Waals surface area contributed by atoms with Crippen molar-refractivity contribution in [2.24, 2.45) is 4.99 Å². The van der Waals surface area contributed by atoms with Gasteiger partial charge in [-0.25, -0.2) is 5.06 Å². The zero-order valence-corrected chi connectivity index (χ0v) is 20.7. The molecular formula is C29H29N3O4. The number of benzene rings is 3. The van der Waals surface area contributed by atoms with Gasteiger partial charge in [-0.1, -0.05) is 48.5 Å². The fourth-order valence-electron chi connectivity index (χ4n) is 4.83. The summed E-state index contributed by atoms with van der Waals surface area (Å²) in [4.78, 5) is 19.5. The molecule has 184 valence electrons. The van der Waals surface area contributed by atoms with Crippen molar-refractivity contribution in [1.29, 1.82) is 0 Å². The smallest absolute Gasteiger partial charge is 0.280 e. The van der Waals surface area contributed by atoms with Crippen LogP contribution in [0.25, 0.3) is 11.8 Å². The second-order valence-corrected chi connectivity index (χ2v) is 8.88. The monoisotopic (exact) mass is 483 g/mol. The van der Waals surface area contributed by atoms with E-state index >= 15 is 0 Å². The second kappa shape index (κ2) is 9.87. The van der Waals surface area contributed by atoms with Crippen molar-refractivity contribution in [2.45, 2.75) is 12.8 Å². The Morgan fingerprint density at radius 3 is 2.50 bits per heavy atom. The van der Waals surface area contributed by atoms with Gasteiger partial charge in [0.15, 0.2) is 11.5 Å². The molecule has 3 aromatic rings. The Morgan fingerprint density at radius 2 is 1.78 bits per heavy atom. The van der Waals surface area contributed by atoms with Gasteiger partial charge < -0.3 is 14.4 Å². The summed E-state index contributed by atoms with van der Waals surface area (Å²) < 4.78 is 10.8. The van der Waals surface area contributed by atoms with Crippen LogP contribution in [0.4, 0.5) is 0 Å². The molecule has 7 heteroatoms. The van der Waals surface area contributed by atoms with Gasteiger partial charge in [-0.05, 0) is 53.3 Å². The number of fused-ring (bicyclic) bond motifs is 3. The van der Waals surface area contributed by atoms with E-state index in [9.17, 15) is 10.0 Å². The quantitative estimate of drug-likeness (QED) is 0.395. The van der Waals surface area contributed by atoms with Crippen LogP contribution in [0.15, 0.2) is 65.7 Å². The van der Waals surface area contributed by atoms with E-state index in [0.717, 1.165) is 36.5 Å². The van der Waals surface area contributed by atoms with Gasteiger partial charge in [0, 0.05) is 19.2 Å². The molecule has 1 N–H and O–H groups in total. The van der Waals surface area contributed by atoms with Crippen molar-refractivity contribution in [3.8, 4) is 11.5 Å². The topological polar surface area (TPSA) is 74.6 Å². The lowest BCUT2D eigenvalue weighted by Crippen LogP contribution is -2.30. The van der Waals surface area contributed by atoms with E-state index in [0.29, 0.717) is 23.0 Å². The number of amides is 1. The third kappa shape index (κ3) is 4.33. The highest BCUT2D eigenvalue weighted by Crippen LogP contribution is 2.35. The van der Waals surface area contributed by atoms with Gasteiger partial charge in [0.05, 0.1) is 32.0 Å². The number of amidine groups is 1. The molecule has 0 saturated carbocycles. The zero-order chi connectivity index (χ0) is 25.2. The van der Waals surface area contributed by atoms with Crippen molar-refractivity contribution >= 4 is 23.5 Å². The third-order valence-electron chi connectivity index (χ3n) is 6.64. The first kappa shape index (κ1) is 23.6. The van der Waals surface area contributed by atoms with Gasteiger partial charge in [0.2, 0.25) is 0 Å². The molecule has 36 heavy (non-hydrogen) atoms. The van der Waals surface area contributed by atoms with Crippen LogP contribution in [0.2, 0.25) is 0 Å². The maximum absolute atomic E-state index is 12.5. The van der Waals surface area contributed by atoms with E-state index in [-0.39, 0.29) is 5.56 Å². The summed E-state index contributed by atoms with van der Waals surface area (Å²) >= 11 is 0. The van der Waals surface area contributed by atoms with Gasteiger partial charge in [0.25, 0.3) is 5.91 Å². The van der Waals surface area contributed by atoms with E-state index in [4.69, 9.17) is 14.5 Å². The minimum atomic E-state index is -0.552. The molecule has 7 nitrogen and oxygen atoms in total. The lowest BCUT2D eigenvalue weighted by Gasteiger charge is -2.29. The van der Waals surface area contributed by atoms with Gasteiger partial charge >= 0.3 is 0 Å². The fraction of sp³-hybridized carbons (Fsp3) is 0.241. The normalized spacial score (nSPS) is 13.9. The minimum absolute atomic E-state index is 0.264. The van der Waals surface area contributed by atoms with Crippen LogP contribution >= 0.6 is 0 Å². The number of rotatable bonds is 7. The highest BCUT2D eigenvalue weighted by atomic mass is 16.5. The Hall–Kier alpha value is -4.10. The first-order valence-corrected chi connectivity index (χ1v) is 11.9. The second-order valence-electron chi connectivity index (χ2n) is 8.88. The number of nitrogens with zero attached hydrogens (tertiary/aromatic N) is 3. The van der Waals surface area contributed by atoms with Crippen LogP contribution in [-0.2, 0) is 12.8 Å². The molecule has 0 radical (unpaired) electrons. The van der Waals surface area contributed by atoms with E-state index in [1.165, 1.54) is 43.7 Å². The van der Waals surface area contributed by atoms with E-state index in [1.54, 1.807) is 6.07 Å². The van der Waals surface area contributed by atoms with Crippen LogP contribution < -0.4 is 9.47 Å². The number of aryl methyl sites for hydroxylation is 2. The van der Waals surface area contributed by atoms with Crippen molar-refractivity contribution < 1.29 is 19.5 Å². The van der Waals surface area contributed by atoms with E-state index in [2.05, 4.69) is 59.5 Å². The summed E-state index contributed by atoms with van der Waals surface area (Å²) in [6.45, 7) is 1.70. The van der Waals surface area contributed by atoms with Gasteiger partial charge in [-0.3, -0.25) is 15.0 Å². The number of hydrogen-bond donors (Lipinski definition) is 1. The van der Waals surface area contributed by atoms with Crippen molar-refractivity contribution in [1.82, 2.24) is 9.96 Å². The molecule has 0 spiro atoms. The first-order valence-electron chi connectivity index (χ1n) is 11.9. The van der Waals surface area contributed by atoms with Crippen molar-refractivity contribution in [3.63, 3.8) is 0 Å². The van der Waals surface area contributed by atoms with E-state index < -0.39 is 5.91 Å². The number of hydrogen-bond acceptors (Lipinski definition) is 6. The predicted molar refractivity (Wildman–Crippen MR) is 140 cm³/mol. The van der Waals surface area contributed by atoms with Gasteiger partial charge in [-0.2, -0.15) is 0 Å². The standard InChI is InChI=1S/C29H29N3O4/c1-31(34)29(33)24-16-20(17-26(35-2)27(24)36-3)9-8-19-10-12-21(13-11-19)25-18-22-6-4-5-7-23(22)28-30-14-15-32(25)28/h4-7,10-13,16-18,34H,8-9,14-15H2,1-3H3. The Labute approximate surface area is 210 Å². The highest BCUT2D eigenvalue weighted by molar-refractivity contribution is 6.12. The van der Waals surface area contributed by atoms with Gasteiger partial charge in [-0.15, -0.1) is 0 Å². The number of carbonyl (C=O) groups is 1. The summed E-state index contributed by atoms with van der Waals surface area (Å²) in [7, 11) is 4.30. The number of carbonyl (C=O) groups excluding carboxylic acids is 1. The molecule has 2 heterocycles. The van der Waals surface area contributed by atoms with Gasteiger partial charge in [0.1, 0.15) is 5.84 Å². The molecule has 0 bridgehead atoms. The fourth-order valence-corrected chi connectivity index (χ4v) is 4.83. The summed E-state index contributed by atoms with van der Waals surface area (Å²) in [6, 6.07) is 20.6. The predicted octanol–water partition coefficient (Wildman–Crippen LogP) is 4.52. The summed E-state index contributed by atoms with van der Waals surface area (Å²) in [6.07, 6.45) is 3.74. The molecule has 3 aromatic carbocycles. The number of ether oxygens (including phenoxy) is 2. The molecule has 0 saturated heterocycles. The SMILES string of the molecule is COc1cc(CCc2ccc(C3=Cc4ccccc4C4=NCCN34)cc2)cc(C(=O)N(C)O)c1OC. The molecule has 1 amide bonds. The molecule has 0 unspecified atom stereocenters. The van der Waals surface area contributed by atoms with Crippen LogP contribution in [0.1, 0.15) is 38.2 Å². The molecule has 0 atom stereocenters. The number of aliphatic imine (C=N–C) groups is 1. The lowest BCUT2D eigenvalue weighted by atomic mass is 9.96. The average molecular weight is 484 g/mol. The first-order chi connectivity index (χ1) is 17.5. The number of hydroxylamine groups is 2. The lowest BCUT2D eigenvalue weighted by molar-refractivity contribution is -0.0377. The molecule has 5 rings (SSSR count). The summed E-state index contributed by atoms with van der Waals surface area (Å²) in [5.41, 5.74) is 7.09.